The molecular formula is C12H11N. The van der Waals surface area contributed by atoms with Gasteiger partial charge in [0.25, 0.3) is 0 Å². The predicted molar refractivity (Wildman–Crippen MR) is 52.9 cm³/mol. The summed E-state index contributed by atoms with van der Waals surface area (Å²) < 4.78 is 0. The van der Waals surface area contributed by atoms with Crippen LogP contribution in [0.1, 0.15) is 24.5 Å². The molecule has 0 aliphatic heterocycles. The molecule has 0 atom stereocenters. The van der Waals surface area contributed by atoms with Crippen LogP contribution >= 0.6 is 0 Å². The lowest BCUT2D eigenvalue weighted by Gasteiger charge is -1.98. The molecule has 0 saturated heterocycles. The molecule has 0 unspecified atom stereocenters. The number of nitrogens with zero attached hydrogens (tertiary/aromatic N) is 1. The summed E-state index contributed by atoms with van der Waals surface area (Å²) in [5, 5.41) is 8.79. The van der Waals surface area contributed by atoms with Crippen LogP contribution in [0.2, 0.25) is 0 Å². The quantitative estimate of drug-likeness (QED) is 0.624. The van der Waals surface area contributed by atoms with Gasteiger partial charge in [0.05, 0.1) is 11.6 Å². The average molecular weight is 169 g/mol. The van der Waals surface area contributed by atoms with Crippen LogP contribution in [0.4, 0.5) is 0 Å². The maximum atomic E-state index is 8.79. The first-order valence-electron chi connectivity index (χ1n) is 4.26. The summed E-state index contributed by atoms with van der Waals surface area (Å²) in [4.78, 5) is 0. The van der Waals surface area contributed by atoms with Crippen molar-refractivity contribution in [1.29, 1.82) is 5.26 Å². The largest absolute Gasteiger partial charge is 0.192 e. The summed E-state index contributed by atoms with van der Waals surface area (Å²) in [6.45, 7) is 1.83. The molecular weight excluding hydrogens is 158 g/mol. The van der Waals surface area contributed by atoms with Gasteiger partial charge in [-0.15, -0.1) is 11.8 Å². The summed E-state index contributed by atoms with van der Waals surface area (Å²) in [5.41, 5.74) is 1.85. The molecule has 0 spiro atoms. The second kappa shape index (κ2) is 5.01. The molecule has 0 amide bonds. The Morgan fingerprint density at radius 3 is 2.77 bits per heavy atom. The normalized spacial score (nSPS) is 8.31. The van der Waals surface area contributed by atoms with Crippen molar-refractivity contribution in [2.45, 2.75) is 19.8 Å². The minimum Gasteiger partial charge on any atom is -0.192 e. The van der Waals surface area contributed by atoms with Crippen LogP contribution in [0.5, 0.6) is 0 Å². The summed E-state index contributed by atoms with van der Waals surface area (Å²) in [6.07, 6.45) is 1.69. The Morgan fingerprint density at radius 1 is 1.31 bits per heavy atom. The maximum Gasteiger partial charge on any atom is 0.0994 e. The zero-order valence-electron chi connectivity index (χ0n) is 7.67. The van der Waals surface area contributed by atoms with Crippen molar-refractivity contribution < 1.29 is 0 Å². The van der Waals surface area contributed by atoms with Crippen LogP contribution in [0, 0.1) is 23.2 Å². The first kappa shape index (κ1) is 9.36. The molecule has 0 aliphatic carbocycles. The van der Waals surface area contributed by atoms with Crippen LogP contribution in [0.15, 0.2) is 24.3 Å². The Morgan fingerprint density at radius 2 is 2.08 bits per heavy atom. The average Bonchev–Trinajstić information content (AvgIpc) is 2.19. The summed E-state index contributed by atoms with van der Waals surface area (Å²) in [5.74, 6) is 5.83. The van der Waals surface area contributed by atoms with Crippen LogP contribution in [-0.2, 0) is 6.42 Å². The molecule has 13 heavy (non-hydrogen) atoms. The Hall–Kier alpha value is -1.73. The topological polar surface area (TPSA) is 23.8 Å². The molecule has 1 heteroatoms. The molecule has 0 saturated carbocycles. The van der Waals surface area contributed by atoms with Crippen molar-refractivity contribution in [3.05, 3.63) is 35.4 Å². The smallest absolute Gasteiger partial charge is 0.0994 e. The first-order chi connectivity index (χ1) is 6.38. The second-order valence-corrected chi connectivity index (χ2v) is 2.70. The fourth-order valence-electron chi connectivity index (χ4n) is 1.17. The van der Waals surface area contributed by atoms with Crippen LogP contribution in [-0.4, -0.2) is 0 Å². The second-order valence-electron chi connectivity index (χ2n) is 2.70. The Kier molecular flexibility index (Phi) is 3.61. The van der Waals surface area contributed by atoms with Gasteiger partial charge >= 0.3 is 0 Å². The van der Waals surface area contributed by atoms with Gasteiger partial charge in [-0.25, -0.2) is 0 Å². The summed E-state index contributed by atoms with van der Waals surface area (Å²) >= 11 is 0. The molecule has 0 heterocycles. The van der Waals surface area contributed by atoms with E-state index in [1.165, 1.54) is 0 Å². The van der Waals surface area contributed by atoms with Gasteiger partial charge in [0, 0.05) is 6.42 Å². The van der Waals surface area contributed by atoms with Crippen LogP contribution in [0.3, 0.4) is 0 Å². The van der Waals surface area contributed by atoms with E-state index < -0.39 is 0 Å². The van der Waals surface area contributed by atoms with Crippen molar-refractivity contribution >= 4 is 0 Å². The SMILES string of the molecule is CC#CCCc1ccccc1C#N. The fourth-order valence-corrected chi connectivity index (χ4v) is 1.17. The highest BCUT2D eigenvalue weighted by atomic mass is 14.2. The molecule has 1 aromatic rings. The van der Waals surface area contributed by atoms with Gasteiger partial charge in [-0.1, -0.05) is 18.2 Å². The van der Waals surface area contributed by atoms with Crippen molar-refractivity contribution in [3.8, 4) is 17.9 Å². The summed E-state index contributed by atoms with van der Waals surface area (Å²) in [7, 11) is 0. The van der Waals surface area contributed by atoms with Gasteiger partial charge in [0.2, 0.25) is 0 Å². The molecule has 1 nitrogen and oxygen atoms in total. The number of rotatable bonds is 2. The minimum absolute atomic E-state index is 0.764. The monoisotopic (exact) mass is 169 g/mol. The highest BCUT2D eigenvalue weighted by molar-refractivity contribution is 5.37. The third-order valence-electron chi connectivity index (χ3n) is 1.83. The molecule has 0 aromatic heterocycles. The van der Waals surface area contributed by atoms with E-state index in [4.69, 9.17) is 5.26 Å². The van der Waals surface area contributed by atoms with E-state index in [0.717, 1.165) is 24.0 Å². The third-order valence-corrected chi connectivity index (χ3v) is 1.83. The zero-order chi connectivity index (χ0) is 9.52. The van der Waals surface area contributed by atoms with Crippen molar-refractivity contribution in [2.75, 3.05) is 0 Å². The molecule has 0 N–H and O–H groups in total. The maximum absolute atomic E-state index is 8.79. The number of aryl methyl sites for hydroxylation is 1. The van der Waals surface area contributed by atoms with Gasteiger partial charge in [-0.2, -0.15) is 5.26 Å². The molecule has 0 fully saturated rings. The molecule has 64 valence electrons. The molecule has 1 aromatic carbocycles. The Balaban J connectivity index is 2.75. The zero-order valence-corrected chi connectivity index (χ0v) is 7.67. The molecule has 1 rings (SSSR count). The molecule has 0 aliphatic rings. The first-order valence-corrected chi connectivity index (χ1v) is 4.26. The van der Waals surface area contributed by atoms with E-state index in [2.05, 4.69) is 17.9 Å². The van der Waals surface area contributed by atoms with E-state index in [9.17, 15) is 0 Å². The minimum atomic E-state index is 0.764. The lowest BCUT2D eigenvalue weighted by atomic mass is 10.0. The van der Waals surface area contributed by atoms with E-state index in [-0.39, 0.29) is 0 Å². The number of benzene rings is 1. The van der Waals surface area contributed by atoms with E-state index in [0.29, 0.717) is 0 Å². The third kappa shape index (κ3) is 2.65. The highest BCUT2D eigenvalue weighted by Gasteiger charge is 1.97. The van der Waals surface area contributed by atoms with Crippen molar-refractivity contribution in [3.63, 3.8) is 0 Å². The fraction of sp³-hybridized carbons (Fsp3) is 0.250. The van der Waals surface area contributed by atoms with Gasteiger partial charge < -0.3 is 0 Å². The van der Waals surface area contributed by atoms with Gasteiger partial charge in [0.1, 0.15) is 0 Å². The number of nitriles is 1. The Bertz CT molecular complexity index is 374. The van der Waals surface area contributed by atoms with E-state index in [1.54, 1.807) is 0 Å². The van der Waals surface area contributed by atoms with Gasteiger partial charge in [0.15, 0.2) is 0 Å². The van der Waals surface area contributed by atoms with Crippen molar-refractivity contribution in [1.82, 2.24) is 0 Å². The van der Waals surface area contributed by atoms with Crippen molar-refractivity contribution in [2.24, 2.45) is 0 Å². The Labute approximate surface area is 79.0 Å². The van der Waals surface area contributed by atoms with Gasteiger partial charge in [-0.3, -0.25) is 0 Å². The standard InChI is InChI=1S/C12H11N/c1-2-3-4-7-11-8-5-6-9-12(11)10-13/h5-6,8-9H,4,7H2,1H3. The molecule has 0 radical (unpaired) electrons. The van der Waals surface area contributed by atoms with Crippen LogP contribution < -0.4 is 0 Å². The number of hydrogen-bond acceptors (Lipinski definition) is 1. The van der Waals surface area contributed by atoms with E-state index >= 15 is 0 Å². The lowest BCUT2D eigenvalue weighted by Crippen LogP contribution is -1.88. The predicted octanol–water partition coefficient (Wildman–Crippen LogP) is 2.51. The van der Waals surface area contributed by atoms with Gasteiger partial charge in [-0.05, 0) is 25.0 Å². The lowest BCUT2D eigenvalue weighted by molar-refractivity contribution is 1.02. The molecule has 0 bridgehead atoms. The van der Waals surface area contributed by atoms with E-state index in [1.807, 2.05) is 31.2 Å². The van der Waals surface area contributed by atoms with Crippen LogP contribution in [0.25, 0.3) is 0 Å². The number of hydrogen-bond donors (Lipinski definition) is 0. The highest BCUT2D eigenvalue weighted by Crippen LogP contribution is 2.08. The summed E-state index contributed by atoms with van der Waals surface area (Å²) in [6, 6.07) is 9.83.